The number of hydrogen-bond acceptors (Lipinski definition) is 5. The van der Waals surface area contributed by atoms with Crippen LogP contribution in [-0.4, -0.2) is 27.2 Å². The summed E-state index contributed by atoms with van der Waals surface area (Å²) in [6.07, 6.45) is 5.83. The van der Waals surface area contributed by atoms with Gasteiger partial charge in [-0.2, -0.15) is 5.21 Å². The monoisotopic (exact) mass is 474 g/mol. The highest BCUT2D eigenvalue weighted by Crippen LogP contribution is 2.37. The van der Waals surface area contributed by atoms with E-state index < -0.39 is 0 Å². The van der Waals surface area contributed by atoms with Gasteiger partial charge in [0.1, 0.15) is 23.9 Å². The zero-order valence-electron chi connectivity index (χ0n) is 20.0. The number of benzene rings is 3. The molecule has 0 aliphatic carbocycles. The molecule has 0 saturated heterocycles. The van der Waals surface area contributed by atoms with Crippen molar-refractivity contribution in [1.29, 1.82) is 0 Å². The molecule has 4 rings (SSSR count). The molecule has 0 aliphatic rings. The van der Waals surface area contributed by atoms with Crippen LogP contribution in [-0.2, 0) is 19.4 Å². The van der Waals surface area contributed by atoms with Crippen molar-refractivity contribution < 1.29 is 13.9 Å². The van der Waals surface area contributed by atoms with Crippen LogP contribution in [0, 0.1) is 5.82 Å². The smallest absolute Gasteiger partial charge is 0.174 e. The molecule has 1 aromatic heterocycles. The van der Waals surface area contributed by atoms with Gasteiger partial charge in [-0.25, -0.2) is 4.39 Å². The maximum absolute atomic E-state index is 13.5. The summed E-state index contributed by atoms with van der Waals surface area (Å²) in [5, 5.41) is 14.0. The van der Waals surface area contributed by atoms with E-state index in [2.05, 4.69) is 33.6 Å². The van der Waals surface area contributed by atoms with Gasteiger partial charge in [-0.05, 0) is 54.2 Å². The van der Waals surface area contributed by atoms with Gasteiger partial charge in [-0.15, -0.1) is 10.2 Å². The summed E-state index contributed by atoms with van der Waals surface area (Å²) in [5.74, 6) is 2.08. The van der Waals surface area contributed by atoms with Gasteiger partial charge >= 0.3 is 0 Å². The molecule has 0 unspecified atom stereocenters. The third-order valence-corrected chi connectivity index (χ3v) is 5.88. The standard InChI is InChI=1S/C28H31FN4O2/c1-2-22-18-25(23-13-15-24(29)16-14-23)27(35-20-21-10-6-5-7-11-21)19-26(22)34-17-9-4-3-8-12-28-30-32-33-31-28/h5-7,10-11,13-16,18-19H,2-4,8-9,12,17,20H2,1H3,(H,30,31,32,33). The SMILES string of the molecule is CCc1cc(-c2ccc(F)cc2)c(OCc2ccccc2)cc1OCCCCCCc1nn[nH]n1. The van der Waals surface area contributed by atoms with Crippen LogP contribution in [0.2, 0.25) is 0 Å². The third-order valence-electron chi connectivity index (χ3n) is 5.88. The third kappa shape index (κ3) is 7.12. The van der Waals surface area contributed by atoms with E-state index in [1.165, 1.54) is 12.1 Å². The van der Waals surface area contributed by atoms with Gasteiger partial charge in [0, 0.05) is 18.1 Å². The highest BCUT2D eigenvalue weighted by atomic mass is 19.1. The summed E-state index contributed by atoms with van der Waals surface area (Å²) in [5.41, 5.74) is 4.04. The normalized spacial score (nSPS) is 10.9. The number of hydrogen-bond donors (Lipinski definition) is 1. The molecule has 0 saturated carbocycles. The molecular formula is C28H31FN4O2. The van der Waals surface area contributed by atoms with Gasteiger partial charge in [0.25, 0.3) is 0 Å². The summed E-state index contributed by atoms with van der Waals surface area (Å²) >= 11 is 0. The minimum absolute atomic E-state index is 0.256. The van der Waals surface area contributed by atoms with E-state index in [9.17, 15) is 4.39 Å². The molecule has 7 heteroatoms. The minimum Gasteiger partial charge on any atom is -0.493 e. The number of ether oxygens (including phenoxy) is 2. The molecule has 0 fully saturated rings. The van der Waals surface area contributed by atoms with E-state index in [4.69, 9.17) is 9.47 Å². The lowest BCUT2D eigenvalue weighted by Crippen LogP contribution is -2.03. The Morgan fingerprint density at radius 3 is 2.40 bits per heavy atom. The van der Waals surface area contributed by atoms with Crippen molar-refractivity contribution in [3.8, 4) is 22.6 Å². The average molecular weight is 475 g/mol. The van der Waals surface area contributed by atoms with Crippen LogP contribution in [0.4, 0.5) is 4.39 Å². The van der Waals surface area contributed by atoms with Gasteiger partial charge < -0.3 is 9.47 Å². The summed E-state index contributed by atoms with van der Waals surface area (Å²) in [6, 6.07) is 20.7. The highest BCUT2D eigenvalue weighted by Gasteiger charge is 2.14. The lowest BCUT2D eigenvalue weighted by atomic mass is 9.99. The van der Waals surface area contributed by atoms with Crippen LogP contribution in [0.5, 0.6) is 11.5 Å². The van der Waals surface area contributed by atoms with Crippen molar-refractivity contribution in [1.82, 2.24) is 20.6 Å². The van der Waals surface area contributed by atoms with Gasteiger partial charge in [0.15, 0.2) is 5.82 Å². The Morgan fingerprint density at radius 1 is 0.857 bits per heavy atom. The largest absolute Gasteiger partial charge is 0.493 e. The van der Waals surface area contributed by atoms with E-state index >= 15 is 0 Å². The number of unbranched alkanes of at least 4 members (excludes halogenated alkanes) is 3. The predicted octanol–water partition coefficient (Wildman–Crippen LogP) is 6.33. The van der Waals surface area contributed by atoms with Crippen molar-refractivity contribution in [2.75, 3.05) is 6.61 Å². The van der Waals surface area contributed by atoms with E-state index in [0.717, 1.165) is 78.1 Å². The number of halogens is 1. The molecule has 6 nitrogen and oxygen atoms in total. The molecule has 1 N–H and O–H groups in total. The number of aromatic nitrogens is 4. The quantitative estimate of drug-likeness (QED) is 0.229. The van der Waals surface area contributed by atoms with Crippen LogP contribution < -0.4 is 9.47 Å². The first-order chi connectivity index (χ1) is 17.2. The second-order valence-electron chi connectivity index (χ2n) is 8.43. The topological polar surface area (TPSA) is 72.9 Å². The fourth-order valence-electron chi connectivity index (χ4n) is 3.94. The molecule has 4 aromatic rings. The second-order valence-corrected chi connectivity index (χ2v) is 8.43. The number of rotatable bonds is 13. The van der Waals surface area contributed by atoms with Gasteiger partial charge in [0.2, 0.25) is 0 Å². The fourth-order valence-corrected chi connectivity index (χ4v) is 3.94. The Hall–Kier alpha value is -3.74. The number of aromatic amines is 1. The Kier molecular flexibility index (Phi) is 8.81. The molecule has 0 aliphatic heterocycles. The van der Waals surface area contributed by atoms with E-state index in [1.54, 1.807) is 12.1 Å². The number of aryl methyl sites for hydroxylation is 2. The Bertz CT molecular complexity index is 1170. The Morgan fingerprint density at radius 2 is 1.66 bits per heavy atom. The van der Waals surface area contributed by atoms with Crippen molar-refractivity contribution >= 4 is 0 Å². The zero-order valence-corrected chi connectivity index (χ0v) is 20.0. The highest BCUT2D eigenvalue weighted by molar-refractivity contribution is 5.73. The molecule has 0 atom stereocenters. The molecule has 0 bridgehead atoms. The lowest BCUT2D eigenvalue weighted by molar-refractivity contribution is 0.289. The predicted molar refractivity (Wildman–Crippen MR) is 134 cm³/mol. The number of H-pyrrole nitrogens is 1. The molecule has 182 valence electrons. The number of tetrazole rings is 1. The van der Waals surface area contributed by atoms with Crippen LogP contribution in [0.25, 0.3) is 11.1 Å². The average Bonchev–Trinajstić information content (AvgIpc) is 3.41. The molecule has 3 aromatic carbocycles. The summed E-state index contributed by atoms with van der Waals surface area (Å²) in [7, 11) is 0. The van der Waals surface area contributed by atoms with Crippen molar-refractivity contribution in [2.45, 2.75) is 52.1 Å². The van der Waals surface area contributed by atoms with E-state index in [0.29, 0.717) is 13.2 Å². The van der Waals surface area contributed by atoms with Gasteiger partial charge in [-0.3, -0.25) is 0 Å². The number of nitrogens with one attached hydrogen (secondary N) is 1. The first-order valence-electron chi connectivity index (χ1n) is 12.2. The summed E-state index contributed by atoms with van der Waals surface area (Å²) in [4.78, 5) is 0. The van der Waals surface area contributed by atoms with Crippen molar-refractivity contribution in [2.24, 2.45) is 0 Å². The van der Waals surface area contributed by atoms with Crippen molar-refractivity contribution in [3.63, 3.8) is 0 Å². The first-order valence-corrected chi connectivity index (χ1v) is 12.2. The van der Waals surface area contributed by atoms with Gasteiger partial charge in [-0.1, -0.05) is 67.4 Å². The Balaban J connectivity index is 1.42. The molecule has 35 heavy (non-hydrogen) atoms. The molecule has 0 radical (unpaired) electrons. The van der Waals surface area contributed by atoms with Gasteiger partial charge in [0.05, 0.1) is 6.61 Å². The molecule has 0 amide bonds. The van der Waals surface area contributed by atoms with Crippen LogP contribution in [0.3, 0.4) is 0 Å². The molecule has 0 spiro atoms. The minimum atomic E-state index is -0.256. The molecular weight excluding hydrogens is 443 g/mol. The van der Waals surface area contributed by atoms with Crippen molar-refractivity contribution in [3.05, 3.63) is 89.5 Å². The summed E-state index contributed by atoms with van der Waals surface area (Å²) in [6.45, 7) is 3.20. The summed E-state index contributed by atoms with van der Waals surface area (Å²) < 4.78 is 26.0. The van der Waals surface area contributed by atoms with E-state index in [1.807, 2.05) is 36.4 Å². The zero-order chi connectivity index (χ0) is 24.3. The van der Waals surface area contributed by atoms with Crippen LogP contribution >= 0.6 is 0 Å². The van der Waals surface area contributed by atoms with Crippen LogP contribution in [0.15, 0.2) is 66.7 Å². The van der Waals surface area contributed by atoms with Crippen LogP contribution in [0.1, 0.15) is 49.6 Å². The second kappa shape index (κ2) is 12.6. The molecule has 1 heterocycles. The van der Waals surface area contributed by atoms with E-state index in [-0.39, 0.29) is 5.82 Å². The lowest BCUT2D eigenvalue weighted by Gasteiger charge is -2.18. The number of nitrogens with zero attached hydrogens (tertiary/aromatic N) is 3. The maximum Gasteiger partial charge on any atom is 0.174 e. The fraction of sp³-hybridized carbons (Fsp3) is 0.321. The maximum atomic E-state index is 13.5. The first kappa shape index (κ1) is 24.4. The Labute approximate surface area is 205 Å².